The predicted molar refractivity (Wildman–Crippen MR) is 108 cm³/mol. The maximum absolute atomic E-state index is 12.2. The number of hydrogen-bond donors (Lipinski definition) is 1. The predicted octanol–water partition coefficient (Wildman–Crippen LogP) is 2.04. The molecule has 2 heterocycles. The number of aliphatic hydroxyl groups excluding tert-OH is 1. The number of hydrogen-bond acceptors (Lipinski definition) is 7. The molecule has 10 heteroatoms. The van der Waals surface area contributed by atoms with Crippen LogP contribution in [0.1, 0.15) is 18.9 Å². The number of carbonyl (C=O) groups excluding carboxylic acids is 3. The van der Waals surface area contributed by atoms with E-state index in [4.69, 9.17) is 27.9 Å². The van der Waals surface area contributed by atoms with Crippen LogP contribution >= 0.6 is 23.2 Å². The van der Waals surface area contributed by atoms with Gasteiger partial charge in [0.2, 0.25) is 11.8 Å². The van der Waals surface area contributed by atoms with Crippen LogP contribution in [0.4, 0.5) is 0 Å². The summed E-state index contributed by atoms with van der Waals surface area (Å²) < 4.78 is 5.68. The molecule has 0 saturated heterocycles. The molecule has 1 aromatic carbocycles. The van der Waals surface area contributed by atoms with Crippen LogP contribution in [-0.4, -0.2) is 59.4 Å². The number of dihydropyridines is 1. The molecule has 2 aliphatic rings. The summed E-state index contributed by atoms with van der Waals surface area (Å²) in [6, 6.07) is 2.91. The third-order valence-corrected chi connectivity index (χ3v) is 5.01. The Morgan fingerprint density at radius 2 is 1.86 bits per heavy atom. The van der Waals surface area contributed by atoms with Gasteiger partial charge in [0.1, 0.15) is 12.3 Å². The van der Waals surface area contributed by atoms with Gasteiger partial charge in [0.05, 0.1) is 16.5 Å². The number of aliphatic imine (C=N–C) groups is 1. The highest BCUT2D eigenvalue weighted by Crippen LogP contribution is 2.35. The summed E-state index contributed by atoms with van der Waals surface area (Å²) in [7, 11) is 1.45. The highest BCUT2D eigenvalue weighted by atomic mass is 35.5. The zero-order chi connectivity index (χ0) is 21.3. The lowest BCUT2D eigenvalue weighted by Gasteiger charge is -2.20. The largest absolute Gasteiger partial charge is 0.436 e. The van der Waals surface area contributed by atoms with Crippen molar-refractivity contribution in [3.8, 4) is 5.75 Å². The second kappa shape index (κ2) is 8.44. The van der Waals surface area contributed by atoms with Crippen LogP contribution in [0.3, 0.4) is 0 Å². The molecule has 29 heavy (non-hydrogen) atoms. The zero-order valence-corrected chi connectivity index (χ0v) is 17.1. The summed E-state index contributed by atoms with van der Waals surface area (Å²) in [6.45, 7) is 1.42. The van der Waals surface area contributed by atoms with E-state index >= 15 is 0 Å². The summed E-state index contributed by atoms with van der Waals surface area (Å²) in [5.41, 5.74) is 0.820. The number of aliphatic hydroxyl groups is 1. The number of nitrogens with zero attached hydrogens (tertiary/aromatic N) is 3. The summed E-state index contributed by atoms with van der Waals surface area (Å²) in [4.78, 5) is 39.7. The van der Waals surface area contributed by atoms with Crippen LogP contribution in [0.2, 0.25) is 10.0 Å². The lowest BCUT2D eigenvalue weighted by atomic mass is 9.96. The van der Waals surface area contributed by atoms with E-state index in [2.05, 4.69) is 10.1 Å². The summed E-state index contributed by atoms with van der Waals surface area (Å²) in [5.74, 6) is -1.16. The van der Waals surface area contributed by atoms with Gasteiger partial charge in [-0.15, -0.1) is 0 Å². The molecule has 1 unspecified atom stereocenters. The normalized spacial score (nSPS) is 18.3. The van der Waals surface area contributed by atoms with Crippen molar-refractivity contribution in [2.75, 3.05) is 20.2 Å². The summed E-state index contributed by atoms with van der Waals surface area (Å²) >= 11 is 12.6. The van der Waals surface area contributed by atoms with E-state index in [0.29, 0.717) is 11.1 Å². The van der Waals surface area contributed by atoms with Crippen LogP contribution in [0.5, 0.6) is 5.75 Å². The number of benzene rings is 1. The van der Waals surface area contributed by atoms with Gasteiger partial charge in [-0.1, -0.05) is 30.1 Å². The fraction of sp³-hybridized carbons (Fsp3) is 0.316. The number of hydrazone groups is 1. The number of Topliss-reactive ketones (excluding diaryl/α,β-unsaturated/α-hetero) is 2. The molecule has 3 rings (SSSR count). The quantitative estimate of drug-likeness (QED) is 0.724. The lowest BCUT2D eigenvalue weighted by molar-refractivity contribution is -0.134. The Morgan fingerprint density at radius 1 is 1.21 bits per heavy atom. The van der Waals surface area contributed by atoms with Crippen LogP contribution in [0, 0.1) is 5.92 Å². The maximum Gasteiger partial charge on any atom is 0.250 e. The van der Waals surface area contributed by atoms with E-state index in [1.54, 1.807) is 6.92 Å². The molecule has 0 aliphatic carbocycles. The first-order chi connectivity index (χ1) is 13.7. The van der Waals surface area contributed by atoms with Crippen molar-refractivity contribution in [3.05, 3.63) is 39.4 Å². The van der Waals surface area contributed by atoms with E-state index < -0.39 is 11.7 Å². The molecule has 0 spiro atoms. The minimum absolute atomic E-state index is 0.0713. The monoisotopic (exact) mass is 437 g/mol. The Balaban J connectivity index is 1.91. The van der Waals surface area contributed by atoms with Gasteiger partial charge in [0, 0.05) is 36.8 Å². The van der Waals surface area contributed by atoms with Gasteiger partial charge >= 0.3 is 0 Å². The molecule has 0 radical (unpaired) electrons. The Morgan fingerprint density at radius 3 is 2.48 bits per heavy atom. The van der Waals surface area contributed by atoms with Gasteiger partial charge in [-0.2, -0.15) is 5.10 Å². The molecular formula is C19H17Cl2N3O5. The molecule has 1 amide bonds. The first-order valence-corrected chi connectivity index (χ1v) is 9.42. The van der Waals surface area contributed by atoms with Crippen LogP contribution in [0.15, 0.2) is 33.9 Å². The Bertz CT molecular complexity index is 977. The van der Waals surface area contributed by atoms with Gasteiger partial charge < -0.3 is 9.84 Å². The minimum atomic E-state index is -0.436. The van der Waals surface area contributed by atoms with Crippen molar-refractivity contribution in [1.82, 2.24) is 5.01 Å². The van der Waals surface area contributed by atoms with Crippen molar-refractivity contribution < 1.29 is 24.2 Å². The third-order valence-electron chi connectivity index (χ3n) is 4.45. The fourth-order valence-corrected chi connectivity index (χ4v) is 3.36. The molecule has 0 fully saturated rings. The van der Waals surface area contributed by atoms with Gasteiger partial charge in [-0.3, -0.25) is 14.4 Å². The van der Waals surface area contributed by atoms with Gasteiger partial charge in [0.15, 0.2) is 17.3 Å². The second-order valence-corrected chi connectivity index (χ2v) is 7.41. The number of carbonyl (C=O) groups is 3. The molecule has 8 nitrogen and oxygen atoms in total. The molecule has 152 valence electrons. The Kier molecular flexibility index (Phi) is 6.16. The number of amides is 1. The van der Waals surface area contributed by atoms with E-state index in [1.807, 2.05) is 0 Å². The van der Waals surface area contributed by atoms with Gasteiger partial charge in [-0.05, 0) is 12.1 Å². The Hall–Kier alpha value is -2.55. The van der Waals surface area contributed by atoms with Crippen LogP contribution in [0.25, 0.3) is 0 Å². The van der Waals surface area contributed by atoms with E-state index in [9.17, 15) is 19.5 Å². The van der Waals surface area contributed by atoms with Crippen molar-refractivity contribution in [2.24, 2.45) is 16.0 Å². The summed E-state index contributed by atoms with van der Waals surface area (Å²) in [5, 5.41) is 14.6. The molecule has 0 bridgehead atoms. The van der Waals surface area contributed by atoms with E-state index in [1.165, 1.54) is 25.3 Å². The van der Waals surface area contributed by atoms with E-state index in [0.717, 1.165) is 5.01 Å². The fourth-order valence-electron chi connectivity index (χ4n) is 2.79. The zero-order valence-electron chi connectivity index (χ0n) is 15.6. The number of ether oxygens (including phenoxy) is 1. The Labute approximate surface area is 176 Å². The average Bonchev–Trinajstić information content (AvgIpc) is 2.68. The molecule has 1 atom stereocenters. The topological polar surface area (TPSA) is 109 Å². The van der Waals surface area contributed by atoms with E-state index in [-0.39, 0.29) is 58.7 Å². The molecule has 0 saturated carbocycles. The van der Waals surface area contributed by atoms with Crippen molar-refractivity contribution >= 4 is 52.3 Å². The van der Waals surface area contributed by atoms with Gasteiger partial charge in [0.25, 0.3) is 0 Å². The number of ketones is 2. The molecule has 1 N–H and O–H groups in total. The van der Waals surface area contributed by atoms with Crippen molar-refractivity contribution in [1.29, 1.82) is 0 Å². The first-order valence-electron chi connectivity index (χ1n) is 8.67. The highest BCUT2D eigenvalue weighted by Gasteiger charge is 2.28. The molecule has 1 aromatic rings. The summed E-state index contributed by atoms with van der Waals surface area (Å²) in [6.07, 6.45) is 1.16. The number of rotatable bonds is 4. The van der Waals surface area contributed by atoms with Crippen molar-refractivity contribution in [2.45, 2.75) is 13.3 Å². The molecule has 2 aliphatic heterocycles. The standard InChI is InChI=1S/C19H17Cl2N3O5/c1-9(8-25)11-5-16(22-7-15(11)27)29-19-12(20)3-10(4-13(19)21)18-14(26)6-17(28)24(2)23-18/h3-5,9,25H,6-8H2,1-2H3. The lowest BCUT2D eigenvalue weighted by Crippen LogP contribution is -2.35. The van der Waals surface area contributed by atoms with Gasteiger partial charge in [-0.25, -0.2) is 10.0 Å². The maximum atomic E-state index is 12.2. The SMILES string of the molecule is CC(CO)C1=CC(Oc2c(Cl)cc(C3=NN(C)C(=O)CC3=O)cc2Cl)=NCC1=O. The van der Waals surface area contributed by atoms with Crippen LogP contribution < -0.4 is 4.74 Å². The first kappa shape index (κ1) is 21.2. The average molecular weight is 438 g/mol. The molecular weight excluding hydrogens is 421 g/mol. The number of halogens is 2. The molecule has 0 aromatic heterocycles. The van der Waals surface area contributed by atoms with Crippen LogP contribution in [-0.2, 0) is 14.4 Å². The highest BCUT2D eigenvalue weighted by molar-refractivity contribution is 6.50. The van der Waals surface area contributed by atoms with Crippen molar-refractivity contribution in [3.63, 3.8) is 0 Å². The second-order valence-electron chi connectivity index (χ2n) is 6.60. The third kappa shape index (κ3) is 4.39. The smallest absolute Gasteiger partial charge is 0.250 e. The minimum Gasteiger partial charge on any atom is -0.436 e.